The molecule has 15 heavy (non-hydrogen) atoms. The second-order valence-electron chi connectivity index (χ2n) is 2.88. The molecule has 1 aromatic rings. The predicted molar refractivity (Wildman–Crippen MR) is 55.0 cm³/mol. The summed E-state index contributed by atoms with van der Waals surface area (Å²) in [5.41, 5.74) is 1.23. The molecule has 0 heterocycles. The summed E-state index contributed by atoms with van der Waals surface area (Å²) in [7, 11) is 4.64. The lowest BCUT2D eigenvalue weighted by Crippen LogP contribution is -1.99. The lowest BCUT2D eigenvalue weighted by molar-refractivity contribution is 0.181. The van der Waals surface area contributed by atoms with E-state index in [1.54, 1.807) is 13.2 Å². The normalized spacial score (nSPS) is 9.47. The van der Waals surface area contributed by atoms with E-state index in [-0.39, 0.29) is 0 Å². The highest BCUT2D eigenvalue weighted by molar-refractivity contribution is 5.56. The van der Waals surface area contributed by atoms with Gasteiger partial charge in [0.05, 0.1) is 20.8 Å². The van der Waals surface area contributed by atoms with Crippen LogP contribution >= 0.6 is 0 Å². The molecule has 0 atom stereocenters. The second-order valence-corrected chi connectivity index (χ2v) is 2.88. The van der Waals surface area contributed by atoms with Crippen molar-refractivity contribution in [3.8, 4) is 17.6 Å². The molecule has 0 saturated heterocycles. The number of hydrogen-bond donors (Lipinski definition) is 0. The van der Waals surface area contributed by atoms with Gasteiger partial charge in [-0.2, -0.15) is 5.26 Å². The minimum atomic E-state index is 0.398. The van der Waals surface area contributed by atoms with E-state index in [9.17, 15) is 0 Å². The highest BCUT2D eigenvalue weighted by Crippen LogP contribution is 2.31. The molecule has 0 unspecified atom stereocenters. The Hall–Kier alpha value is -1.73. The SMILES string of the molecule is COCc1ccc(OC)c(C#N)c1OC. The quantitative estimate of drug-likeness (QED) is 0.754. The molecule has 0 aliphatic rings. The van der Waals surface area contributed by atoms with Gasteiger partial charge in [-0.05, 0) is 12.1 Å². The standard InChI is InChI=1S/C11H13NO3/c1-13-7-8-4-5-10(14-2)9(6-12)11(8)15-3/h4-5H,7H2,1-3H3. The Labute approximate surface area is 89.0 Å². The lowest BCUT2D eigenvalue weighted by Gasteiger charge is -2.12. The third-order valence-electron chi connectivity index (χ3n) is 2.04. The van der Waals surface area contributed by atoms with Gasteiger partial charge >= 0.3 is 0 Å². The number of methoxy groups -OCH3 is 3. The molecule has 4 nitrogen and oxygen atoms in total. The van der Waals surface area contributed by atoms with Crippen molar-refractivity contribution >= 4 is 0 Å². The molecule has 0 saturated carbocycles. The van der Waals surface area contributed by atoms with Crippen molar-refractivity contribution in [1.82, 2.24) is 0 Å². The van der Waals surface area contributed by atoms with Crippen LogP contribution < -0.4 is 9.47 Å². The summed E-state index contributed by atoms with van der Waals surface area (Å²) >= 11 is 0. The molecule has 1 rings (SSSR count). The molecule has 4 heteroatoms. The Balaban J connectivity index is 3.29. The topological polar surface area (TPSA) is 51.5 Å². The van der Waals surface area contributed by atoms with E-state index in [2.05, 4.69) is 6.07 Å². The summed E-state index contributed by atoms with van der Waals surface area (Å²) in [6, 6.07) is 5.61. The Kier molecular flexibility index (Phi) is 3.95. The minimum absolute atomic E-state index is 0.398. The number of hydrogen-bond acceptors (Lipinski definition) is 4. The number of nitriles is 1. The molecule has 0 aliphatic heterocycles. The van der Waals surface area contributed by atoms with Gasteiger partial charge in [0.2, 0.25) is 0 Å². The van der Waals surface area contributed by atoms with Crippen molar-refractivity contribution in [1.29, 1.82) is 5.26 Å². The maximum absolute atomic E-state index is 9.00. The van der Waals surface area contributed by atoms with Crippen molar-refractivity contribution in [2.75, 3.05) is 21.3 Å². The van der Waals surface area contributed by atoms with E-state index in [4.69, 9.17) is 19.5 Å². The van der Waals surface area contributed by atoms with Crippen LogP contribution in [0.25, 0.3) is 0 Å². The molecule has 1 aromatic carbocycles. The van der Waals surface area contributed by atoms with Gasteiger partial charge in [-0.15, -0.1) is 0 Å². The molecule has 0 spiro atoms. The smallest absolute Gasteiger partial charge is 0.145 e. The monoisotopic (exact) mass is 207 g/mol. The lowest BCUT2D eigenvalue weighted by atomic mass is 10.1. The van der Waals surface area contributed by atoms with Gasteiger partial charge in [0.1, 0.15) is 23.1 Å². The van der Waals surface area contributed by atoms with Crippen LogP contribution in [0.5, 0.6) is 11.5 Å². The fraction of sp³-hybridized carbons (Fsp3) is 0.364. The Morgan fingerprint density at radius 1 is 1.20 bits per heavy atom. The predicted octanol–water partition coefficient (Wildman–Crippen LogP) is 1.72. The molecule has 0 aromatic heterocycles. The molecule has 0 bridgehead atoms. The molecule has 0 radical (unpaired) electrons. The molecule has 80 valence electrons. The third-order valence-corrected chi connectivity index (χ3v) is 2.04. The van der Waals surface area contributed by atoms with E-state index >= 15 is 0 Å². The first-order chi connectivity index (χ1) is 7.28. The Morgan fingerprint density at radius 2 is 1.93 bits per heavy atom. The van der Waals surface area contributed by atoms with Crippen LogP contribution in [-0.4, -0.2) is 21.3 Å². The van der Waals surface area contributed by atoms with Crippen LogP contribution in [0.15, 0.2) is 12.1 Å². The van der Waals surface area contributed by atoms with E-state index < -0.39 is 0 Å². The van der Waals surface area contributed by atoms with Crippen molar-refractivity contribution in [2.24, 2.45) is 0 Å². The van der Waals surface area contributed by atoms with Crippen LogP contribution in [0.3, 0.4) is 0 Å². The Bertz CT molecular complexity index is 382. The van der Waals surface area contributed by atoms with Gasteiger partial charge < -0.3 is 14.2 Å². The molecular formula is C11H13NO3. The fourth-order valence-corrected chi connectivity index (χ4v) is 1.39. The summed E-state index contributed by atoms with van der Waals surface area (Å²) in [5, 5.41) is 9.00. The third kappa shape index (κ3) is 2.20. The molecule has 0 aliphatic carbocycles. The Morgan fingerprint density at radius 3 is 2.40 bits per heavy atom. The highest BCUT2D eigenvalue weighted by Gasteiger charge is 2.14. The highest BCUT2D eigenvalue weighted by atomic mass is 16.5. The van der Waals surface area contributed by atoms with Gasteiger partial charge in [0.25, 0.3) is 0 Å². The zero-order valence-corrected chi connectivity index (χ0v) is 9.03. The van der Waals surface area contributed by atoms with Gasteiger partial charge in [0, 0.05) is 12.7 Å². The van der Waals surface area contributed by atoms with Crippen molar-refractivity contribution in [3.05, 3.63) is 23.3 Å². The molecule has 0 amide bonds. The van der Waals surface area contributed by atoms with Crippen LogP contribution in [0.2, 0.25) is 0 Å². The molecular weight excluding hydrogens is 194 g/mol. The van der Waals surface area contributed by atoms with Crippen LogP contribution in [0.1, 0.15) is 11.1 Å². The summed E-state index contributed by atoms with van der Waals surface area (Å²) in [6.07, 6.45) is 0. The first kappa shape index (κ1) is 11.3. The van der Waals surface area contributed by atoms with Gasteiger partial charge in [-0.1, -0.05) is 0 Å². The molecule has 0 fully saturated rings. The number of rotatable bonds is 4. The summed E-state index contributed by atoms with van der Waals surface area (Å²) < 4.78 is 15.3. The van der Waals surface area contributed by atoms with Gasteiger partial charge in [-0.25, -0.2) is 0 Å². The largest absolute Gasteiger partial charge is 0.495 e. The van der Waals surface area contributed by atoms with E-state index in [0.717, 1.165) is 5.56 Å². The van der Waals surface area contributed by atoms with E-state index in [1.807, 2.05) is 6.07 Å². The second kappa shape index (κ2) is 5.23. The summed E-state index contributed by atoms with van der Waals surface area (Å²) in [5.74, 6) is 1.02. The van der Waals surface area contributed by atoms with E-state index in [1.165, 1.54) is 14.2 Å². The van der Waals surface area contributed by atoms with Crippen molar-refractivity contribution in [2.45, 2.75) is 6.61 Å². The maximum atomic E-state index is 9.00. The number of ether oxygens (including phenoxy) is 3. The fourth-order valence-electron chi connectivity index (χ4n) is 1.39. The average molecular weight is 207 g/mol. The minimum Gasteiger partial charge on any atom is -0.495 e. The first-order valence-corrected chi connectivity index (χ1v) is 4.41. The van der Waals surface area contributed by atoms with Crippen LogP contribution in [-0.2, 0) is 11.3 Å². The van der Waals surface area contributed by atoms with Crippen LogP contribution in [0, 0.1) is 11.3 Å². The number of nitrogens with zero attached hydrogens (tertiary/aromatic N) is 1. The van der Waals surface area contributed by atoms with Gasteiger partial charge in [-0.3, -0.25) is 0 Å². The maximum Gasteiger partial charge on any atom is 0.145 e. The number of benzene rings is 1. The van der Waals surface area contributed by atoms with Crippen molar-refractivity contribution < 1.29 is 14.2 Å². The first-order valence-electron chi connectivity index (χ1n) is 4.41. The average Bonchev–Trinajstić information content (AvgIpc) is 2.28. The van der Waals surface area contributed by atoms with Crippen LogP contribution in [0.4, 0.5) is 0 Å². The zero-order valence-electron chi connectivity index (χ0n) is 9.03. The van der Waals surface area contributed by atoms with Gasteiger partial charge in [0.15, 0.2) is 0 Å². The van der Waals surface area contributed by atoms with Crippen molar-refractivity contribution in [3.63, 3.8) is 0 Å². The van der Waals surface area contributed by atoms with E-state index in [0.29, 0.717) is 23.7 Å². The summed E-state index contributed by atoms with van der Waals surface area (Å²) in [4.78, 5) is 0. The zero-order chi connectivity index (χ0) is 11.3. The molecule has 0 N–H and O–H groups in total. The summed E-state index contributed by atoms with van der Waals surface area (Å²) in [6.45, 7) is 0.405.